The molecule has 8 heteroatoms. The van der Waals surface area contributed by atoms with E-state index in [1.807, 2.05) is 24.3 Å². The van der Waals surface area contributed by atoms with Gasteiger partial charge in [0.25, 0.3) is 11.8 Å². The molecule has 0 atom stereocenters. The molecule has 0 spiro atoms. The van der Waals surface area contributed by atoms with Gasteiger partial charge < -0.3 is 4.74 Å². The zero-order valence-corrected chi connectivity index (χ0v) is 22.2. The first kappa shape index (κ1) is 26.1. The highest BCUT2D eigenvalue weighted by atomic mass is 79.9. The van der Waals surface area contributed by atoms with E-state index in [2.05, 4.69) is 46.0 Å². The van der Waals surface area contributed by atoms with E-state index in [9.17, 15) is 18.8 Å². The molecular formula is C31H22BrFN2O4. The Morgan fingerprint density at radius 1 is 0.949 bits per heavy atom. The highest BCUT2D eigenvalue weighted by Crippen LogP contribution is 2.34. The van der Waals surface area contributed by atoms with Crippen LogP contribution in [0, 0.1) is 5.82 Å². The zero-order valence-electron chi connectivity index (χ0n) is 20.6. The van der Waals surface area contributed by atoms with Crippen LogP contribution in [0.4, 0.5) is 14.9 Å². The van der Waals surface area contributed by atoms with E-state index in [1.165, 1.54) is 18.2 Å². The number of imide groups is 2. The first-order valence-electron chi connectivity index (χ1n) is 12.0. The molecule has 4 aromatic carbocycles. The number of ether oxygens (including phenoxy) is 1. The second-order valence-electron chi connectivity index (χ2n) is 8.89. The van der Waals surface area contributed by atoms with Crippen LogP contribution >= 0.6 is 15.9 Å². The lowest BCUT2D eigenvalue weighted by atomic mass is 10.0. The minimum atomic E-state index is -0.903. The van der Waals surface area contributed by atoms with Gasteiger partial charge in [-0.2, -0.15) is 0 Å². The lowest BCUT2D eigenvalue weighted by Gasteiger charge is -2.26. The largest absolute Gasteiger partial charge is 0.487 e. The Morgan fingerprint density at radius 3 is 2.44 bits per heavy atom. The number of urea groups is 1. The summed E-state index contributed by atoms with van der Waals surface area (Å²) in [6, 6.07) is 21.7. The normalized spacial score (nSPS) is 14.6. The topological polar surface area (TPSA) is 75.7 Å². The molecule has 0 aliphatic carbocycles. The second-order valence-corrected chi connectivity index (χ2v) is 9.74. The number of halogens is 2. The van der Waals surface area contributed by atoms with Crippen molar-refractivity contribution in [1.29, 1.82) is 0 Å². The van der Waals surface area contributed by atoms with Crippen molar-refractivity contribution in [2.24, 2.45) is 0 Å². The van der Waals surface area contributed by atoms with Crippen LogP contribution in [-0.2, 0) is 22.6 Å². The number of nitrogens with zero attached hydrogens (tertiary/aromatic N) is 1. The van der Waals surface area contributed by atoms with Gasteiger partial charge in [0.2, 0.25) is 0 Å². The maximum Gasteiger partial charge on any atom is 0.335 e. The number of rotatable bonds is 7. The monoisotopic (exact) mass is 584 g/mol. The number of nitrogens with one attached hydrogen (secondary N) is 1. The number of amides is 4. The molecule has 5 rings (SSSR count). The molecule has 1 aliphatic heterocycles. The van der Waals surface area contributed by atoms with Gasteiger partial charge >= 0.3 is 6.03 Å². The van der Waals surface area contributed by atoms with Gasteiger partial charge in [0.05, 0.1) is 10.2 Å². The van der Waals surface area contributed by atoms with E-state index in [-0.39, 0.29) is 11.3 Å². The third kappa shape index (κ3) is 5.51. The van der Waals surface area contributed by atoms with E-state index in [1.54, 1.807) is 18.2 Å². The highest BCUT2D eigenvalue weighted by Gasteiger charge is 2.36. The van der Waals surface area contributed by atoms with Crippen molar-refractivity contribution in [2.45, 2.75) is 13.0 Å². The second kappa shape index (κ2) is 11.0. The van der Waals surface area contributed by atoms with Gasteiger partial charge in [-0.15, -0.1) is 6.58 Å². The average molecular weight is 585 g/mol. The molecule has 1 fully saturated rings. The van der Waals surface area contributed by atoms with Gasteiger partial charge in [0, 0.05) is 0 Å². The fraction of sp³-hybridized carbons (Fsp3) is 0.0645. The Labute approximate surface area is 232 Å². The smallest absolute Gasteiger partial charge is 0.335 e. The average Bonchev–Trinajstić information content (AvgIpc) is 2.91. The summed E-state index contributed by atoms with van der Waals surface area (Å²) in [7, 11) is 0. The van der Waals surface area contributed by atoms with Crippen molar-refractivity contribution in [3.8, 4) is 5.75 Å². The molecule has 0 aromatic heterocycles. The van der Waals surface area contributed by atoms with Crippen molar-refractivity contribution in [2.75, 3.05) is 4.90 Å². The maximum atomic E-state index is 13.4. The van der Waals surface area contributed by atoms with Crippen LogP contribution in [-0.4, -0.2) is 17.8 Å². The van der Waals surface area contributed by atoms with Crippen LogP contribution < -0.4 is 15.0 Å². The number of fused-ring (bicyclic) bond motifs is 1. The summed E-state index contributed by atoms with van der Waals surface area (Å²) in [5.74, 6) is -1.53. The highest BCUT2D eigenvalue weighted by molar-refractivity contribution is 9.10. The van der Waals surface area contributed by atoms with Crippen molar-refractivity contribution >= 4 is 56.3 Å². The van der Waals surface area contributed by atoms with Gasteiger partial charge in [0.15, 0.2) is 0 Å². The van der Waals surface area contributed by atoms with Crippen LogP contribution in [0.15, 0.2) is 102 Å². The van der Waals surface area contributed by atoms with Crippen LogP contribution in [0.3, 0.4) is 0 Å². The van der Waals surface area contributed by atoms with Crippen molar-refractivity contribution < 1.29 is 23.5 Å². The van der Waals surface area contributed by atoms with Crippen LogP contribution in [0.5, 0.6) is 5.75 Å². The molecule has 1 heterocycles. The third-order valence-electron chi connectivity index (χ3n) is 6.20. The Bertz CT molecular complexity index is 1660. The van der Waals surface area contributed by atoms with Crippen molar-refractivity contribution in [3.05, 3.63) is 124 Å². The van der Waals surface area contributed by atoms with Crippen LogP contribution in [0.1, 0.15) is 16.7 Å². The van der Waals surface area contributed by atoms with Gasteiger partial charge in [-0.3, -0.25) is 14.9 Å². The number of barbiturate groups is 1. The molecule has 1 saturated heterocycles. The quantitative estimate of drug-likeness (QED) is 0.149. The summed E-state index contributed by atoms with van der Waals surface area (Å²) in [5, 5.41) is 4.44. The summed E-state index contributed by atoms with van der Waals surface area (Å²) in [6.07, 6.45) is 3.61. The molecule has 0 bridgehead atoms. The van der Waals surface area contributed by atoms with Gasteiger partial charge in [-0.25, -0.2) is 14.1 Å². The number of carbonyl (C=O) groups is 3. The van der Waals surface area contributed by atoms with E-state index >= 15 is 0 Å². The van der Waals surface area contributed by atoms with E-state index in [4.69, 9.17) is 4.74 Å². The fourth-order valence-corrected chi connectivity index (χ4v) is 4.99. The molecule has 4 aromatic rings. The molecule has 1 aliphatic rings. The van der Waals surface area contributed by atoms with E-state index < -0.39 is 23.7 Å². The summed E-state index contributed by atoms with van der Waals surface area (Å²) >= 11 is 3.57. The van der Waals surface area contributed by atoms with Crippen LogP contribution in [0.2, 0.25) is 0 Å². The SMILES string of the molecule is C=CCc1cc(/C=C2\C(=O)NC(=O)N(c3ccc(F)cc3)C2=O)cc(Br)c1OCc1ccc2ccccc2c1. The summed E-state index contributed by atoms with van der Waals surface area (Å²) in [4.78, 5) is 39.0. The summed E-state index contributed by atoms with van der Waals surface area (Å²) in [5.41, 5.74) is 2.25. The van der Waals surface area contributed by atoms with Gasteiger partial charge in [0.1, 0.15) is 23.7 Å². The standard InChI is InChI=1S/C31H22BrFN2O4/c1-2-5-23-15-20(16-26-29(36)34-31(38)35(30(26)37)25-12-10-24(33)11-13-25)17-27(32)28(23)39-18-19-8-9-21-6-3-4-7-22(21)14-19/h2-4,6-17H,1,5,18H2,(H,34,36,38)/b26-16+. The summed E-state index contributed by atoms with van der Waals surface area (Å²) in [6.45, 7) is 4.17. The third-order valence-corrected chi connectivity index (χ3v) is 6.79. The summed E-state index contributed by atoms with van der Waals surface area (Å²) < 4.78 is 20.2. The Hall–Kier alpha value is -4.56. The van der Waals surface area contributed by atoms with Crippen molar-refractivity contribution in [1.82, 2.24) is 5.32 Å². The predicted octanol–water partition coefficient (Wildman–Crippen LogP) is 6.72. The van der Waals surface area contributed by atoms with E-state index in [0.717, 1.165) is 38.9 Å². The molecule has 0 saturated carbocycles. The first-order valence-corrected chi connectivity index (χ1v) is 12.8. The number of hydrogen-bond donors (Lipinski definition) is 1. The minimum absolute atomic E-state index is 0.142. The number of anilines is 1. The Morgan fingerprint density at radius 2 is 1.69 bits per heavy atom. The number of allylic oxidation sites excluding steroid dienone is 1. The molecule has 39 heavy (non-hydrogen) atoms. The predicted molar refractivity (Wildman–Crippen MR) is 152 cm³/mol. The first-order chi connectivity index (χ1) is 18.8. The Balaban J connectivity index is 1.44. The number of hydrogen-bond acceptors (Lipinski definition) is 4. The van der Waals surface area contributed by atoms with Gasteiger partial charge in [-0.1, -0.05) is 42.5 Å². The molecule has 6 nitrogen and oxygen atoms in total. The minimum Gasteiger partial charge on any atom is -0.487 e. The fourth-order valence-electron chi connectivity index (χ4n) is 4.36. The zero-order chi connectivity index (χ0) is 27.5. The van der Waals surface area contributed by atoms with E-state index in [0.29, 0.717) is 28.8 Å². The van der Waals surface area contributed by atoms with Crippen molar-refractivity contribution in [3.63, 3.8) is 0 Å². The lowest BCUT2D eigenvalue weighted by Crippen LogP contribution is -2.54. The molecule has 1 N–H and O–H groups in total. The molecule has 0 unspecified atom stereocenters. The molecule has 4 amide bonds. The number of carbonyl (C=O) groups excluding carboxylic acids is 3. The molecule has 194 valence electrons. The van der Waals surface area contributed by atoms with Crippen LogP contribution in [0.25, 0.3) is 16.8 Å². The Kier molecular flexibility index (Phi) is 7.38. The lowest BCUT2D eigenvalue weighted by molar-refractivity contribution is -0.122. The number of benzene rings is 4. The molecule has 0 radical (unpaired) electrons. The molecular weight excluding hydrogens is 563 g/mol. The maximum absolute atomic E-state index is 13.4. The van der Waals surface area contributed by atoms with Gasteiger partial charge in [-0.05, 0) is 98.4 Å².